The van der Waals surface area contributed by atoms with Crippen molar-refractivity contribution in [3.05, 3.63) is 17.5 Å². The molecule has 0 spiro atoms. The Balaban J connectivity index is 2.03. The highest BCUT2D eigenvalue weighted by atomic mass is 32.2. The number of aromatic nitrogens is 1. The smallest absolute Gasteiger partial charge is 0.238 e. The maximum atomic E-state index is 12.3. The molecule has 1 fully saturated rings. The van der Waals surface area contributed by atoms with Crippen molar-refractivity contribution in [2.75, 3.05) is 5.75 Å². The molecule has 21 heavy (non-hydrogen) atoms. The lowest BCUT2D eigenvalue weighted by molar-refractivity contribution is -0.134. The Kier molecular flexibility index (Phi) is 4.70. The van der Waals surface area contributed by atoms with Gasteiger partial charge >= 0.3 is 0 Å². The molecule has 0 aromatic carbocycles. The fourth-order valence-electron chi connectivity index (χ4n) is 2.93. The fraction of sp³-hybridized carbons (Fsp3) is 0.714. The van der Waals surface area contributed by atoms with Crippen molar-refractivity contribution in [1.82, 2.24) is 10.1 Å². The van der Waals surface area contributed by atoms with Crippen LogP contribution in [-0.2, 0) is 20.4 Å². The lowest BCUT2D eigenvalue weighted by atomic mass is 9.98. The van der Waals surface area contributed by atoms with Crippen molar-refractivity contribution >= 4 is 15.7 Å². The largest absolute Gasteiger partial charge is 0.360 e. The first-order valence-electron chi connectivity index (χ1n) is 7.22. The van der Waals surface area contributed by atoms with Crippen LogP contribution in [0.3, 0.4) is 0 Å². The molecule has 0 radical (unpaired) electrons. The Morgan fingerprint density at radius 2 is 2.00 bits per heavy atom. The van der Waals surface area contributed by atoms with Crippen LogP contribution in [0.15, 0.2) is 10.6 Å². The molecule has 0 bridgehead atoms. The topological polar surface area (TPSA) is 80.5 Å². The maximum absolute atomic E-state index is 12.3. The van der Waals surface area contributed by atoms with Crippen molar-refractivity contribution in [1.29, 1.82) is 0 Å². The quantitative estimate of drug-likeness (QED) is 0.845. The second kappa shape index (κ2) is 6.17. The second-order valence-electron chi connectivity index (χ2n) is 5.90. The Morgan fingerprint density at radius 1 is 1.38 bits per heavy atom. The highest BCUT2D eigenvalue weighted by molar-refractivity contribution is 7.91. The van der Waals surface area contributed by atoms with Gasteiger partial charge in [-0.25, -0.2) is 8.42 Å². The van der Waals surface area contributed by atoms with E-state index in [9.17, 15) is 13.2 Å². The van der Waals surface area contributed by atoms with Crippen LogP contribution in [0.2, 0.25) is 0 Å². The molecular formula is C14H22N2O4S. The van der Waals surface area contributed by atoms with E-state index in [2.05, 4.69) is 5.16 Å². The average Bonchev–Trinajstić information content (AvgIpc) is 2.72. The lowest BCUT2D eigenvalue weighted by Gasteiger charge is -2.39. The summed E-state index contributed by atoms with van der Waals surface area (Å²) in [6.45, 7) is 5.67. The van der Waals surface area contributed by atoms with Crippen LogP contribution in [0.4, 0.5) is 0 Å². The number of nitrogens with zero attached hydrogens (tertiary/aromatic N) is 2. The minimum Gasteiger partial charge on any atom is -0.360 e. The molecule has 0 saturated carbocycles. The number of aryl methyl sites for hydroxylation is 1. The van der Waals surface area contributed by atoms with Gasteiger partial charge < -0.3 is 9.42 Å². The van der Waals surface area contributed by atoms with Gasteiger partial charge in [0.25, 0.3) is 0 Å². The summed E-state index contributed by atoms with van der Waals surface area (Å²) < 4.78 is 29.2. The Labute approximate surface area is 125 Å². The summed E-state index contributed by atoms with van der Waals surface area (Å²) in [6.07, 6.45) is 2.94. The third kappa shape index (κ3) is 4.06. The first-order valence-corrected chi connectivity index (χ1v) is 9.04. The number of hydrogen-bond acceptors (Lipinski definition) is 5. The first-order chi connectivity index (χ1) is 9.78. The van der Waals surface area contributed by atoms with Crippen LogP contribution in [0, 0.1) is 6.92 Å². The first kappa shape index (κ1) is 16.0. The number of carbonyl (C=O) groups excluding carboxylic acids is 1. The summed E-state index contributed by atoms with van der Waals surface area (Å²) >= 11 is 0. The van der Waals surface area contributed by atoms with E-state index in [1.807, 2.05) is 13.8 Å². The molecule has 1 saturated heterocycles. The fourth-order valence-corrected chi connectivity index (χ4v) is 4.12. The van der Waals surface area contributed by atoms with Crippen LogP contribution >= 0.6 is 0 Å². The molecule has 0 aliphatic carbocycles. The van der Waals surface area contributed by atoms with Gasteiger partial charge in [-0.1, -0.05) is 5.16 Å². The van der Waals surface area contributed by atoms with Crippen LogP contribution < -0.4 is 0 Å². The molecule has 1 aliphatic heterocycles. The monoisotopic (exact) mass is 314 g/mol. The lowest BCUT2D eigenvalue weighted by Crippen LogP contribution is -2.49. The molecule has 7 heteroatoms. The summed E-state index contributed by atoms with van der Waals surface area (Å²) in [6, 6.07) is 1.78. The zero-order valence-corrected chi connectivity index (χ0v) is 13.5. The third-order valence-corrected chi connectivity index (χ3v) is 5.27. The zero-order chi connectivity index (χ0) is 15.6. The molecular weight excluding hydrogens is 292 g/mol. The van der Waals surface area contributed by atoms with Gasteiger partial charge in [0.15, 0.2) is 15.6 Å². The average molecular weight is 314 g/mol. The maximum Gasteiger partial charge on any atom is 0.238 e. The highest BCUT2D eigenvalue weighted by Gasteiger charge is 2.31. The van der Waals surface area contributed by atoms with Gasteiger partial charge in [-0.2, -0.15) is 0 Å². The molecule has 2 atom stereocenters. The van der Waals surface area contributed by atoms with E-state index in [1.165, 1.54) is 0 Å². The molecule has 2 unspecified atom stereocenters. The van der Waals surface area contributed by atoms with Gasteiger partial charge in [-0.05, 0) is 40.0 Å². The van der Waals surface area contributed by atoms with Crippen molar-refractivity contribution in [2.45, 2.75) is 57.9 Å². The summed E-state index contributed by atoms with van der Waals surface area (Å²) in [5, 5.41) is 3.66. The van der Waals surface area contributed by atoms with Gasteiger partial charge in [0.05, 0.1) is 5.69 Å². The summed E-state index contributed by atoms with van der Waals surface area (Å²) in [4.78, 5) is 14.0. The molecule has 1 aliphatic rings. The highest BCUT2D eigenvalue weighted by Crippen LogP contribution is 2.23. The number of amides is 1. The Morgan fingerprint density at radius 3 is 2.52 bits per heavy atom. The van der Waals surface area contributed by atoms with Crippen LogP contribution in [-0.4, -0.2) is 42.2 Å². The van der Waals surface area contributed by atoms with Crippen LogP contribution in [0.25, 0.3) is 0 Å². The van der Waals surface area contributed by atoms with Gasteiger partial charge in [-0.3, -0.25) is 4.79 Å². The molecule has 1 aromatic rings. The minimum atomic E-state index is -3.54. The summed E-state index contributed by atoms with van der Waals surface area (Å²) in [5.74, 6) is -0.789. The number of sulfone groups is 1. The Bertz CT molecular complexity index is 598. The van der Waals surface area contributed by atoms with Crippen molar-refractivity contribution in [2.24, 2.45) is 0 Å². The van der Waals surface area contributed by atoms with E-state index in [-0.39, 0.29) is 29.5 Å². The second-order valence-corrected chi connectivity index (χ2v) is 7.96. The molecule has 6 nitrogen and oxygen atoms in total. The number of likely N-dealkylation sites (tertiary alicyclic amines) is 1. The molecule has 2 heterocycles. The van der Waals surface area contributed by atoms with Crippen LogP contribution in [0.1, 0.15) is 44.6 Å². The zero-order valence-electron chi connectivity index (χ0n) is 12.7. The summed E-state index contributed by atoms with van der Waals surface area (Å²) in [5.41, 5.74) is 0.629. The van der Waals surface area contributed by atoms with Crippen molar-refractivity contribution < 1.29 is 17.7 Å². The van der Waals surface area contributed by atoms with Gasteiger partial charge in [0.2, 0.25) is 5.91 Å². The van der Waals surface area contributed by atoms with Gasteiger partial charge in [0, 0.05) is 18.2 Å². The SMILES string of the molecule is Cc1cc(CS(=O)(=O)CC(=O)N2C(C)CCCC2C)on1. The Hall–Kier alpha value is -1.37. The number of rotatable bonds is 4. The van der Waals surface area contributed by atoms with Crippen molar-refractivity contribution in [3.63, 3.8) is 0 Å². The third-order valence-electron chi connectivity index (χ3n) is 3.86. The number of piperidine rings is 1. The van der Waals surface area contributed by atoms with Crippen molar-refractivity contribution in [3.8, 4) is 0 Å². The molecule has 0 N–H and O–H groups in total. The molecule has 1 aromatic heterocycles. The van der Waals surface area contributed by atoms with E-state index in [4.69, 9.17) is 4.52 Å². The van der Waals surface area contributed by atoms with E-state index < -0.39 is 15.6 Å². The van der Waals surface area contributed by atoms with Crippen LogP contribution in [0.5, 0.6) is 0 Å². The van der Waals surface area contributed by atoms with E-state index in [0.717, 1.165) is 19.3 Å². The normalized spacial score (nSPS) is 23.3. The molecule has 2 rings (SSSR count). The predicted octanol–water partition coefficient (Wildman–Crippen LogP) is 1.69. The van der Waals surface area contributed by atoms with Gasteiger partial charge in [-0.15, -0.1) is 0 Å². The minimum absolute atomic E-state index is 0.101. The molecule has 118 valence electrons. The van der Waals surface area contributed by atoms with Gasteiger partial charge in [0.1, 0.15) is 11.5 Å². The summed E-state index contributed by atoms with van der Waals surface area (Å²) in [7, 11) is -3.54. The molecule has 1 amide bonds. The predicted molar refractivity (Wildman–Crippen MR) is 78.4 cm³/mol. The van der Waals surface area contributed by atoms with E-state index in [1.54, 1.807) is 17.9 Å². The number of hydrogen-bond donors (Lipinski definition) is 0. The van der Waals surface area contributed by atoms with E-state index >= 15 is 0 Å². The van der Waals surface area contributed by atoms with E-state index in [0.29, 0.717) is 5.69 Å². The number of carbonyl (C=O) groups is 1. The standard InChI is InChI=1S/C14H22N2O4S/c1-10-7-13(20-15-10)8-21(18,19)9-14(17)16-11(2)5-4-6-12(16)3/h7,11-12H,4-6,8-9H2,1-3H3.